The molecule has 0 fully saturated rings. The minimum atomic E-state index is -3.98. The molecule has 2 N–H and O–H groups in total. The van der Waals surface area contributed by atoms with Gasteiger partial charge in [0.1, 0.15) is 23.1 Å². The SMILES string of the molecule is NS(=O)(=O)c1cc(Cl)ccc1OCc1ccc(F)cc1Cl. The van der Waals surface area contributed by atoms with Crippen LogP contribution in [0, 0.1) is 5.82 Å². The fraction of sp³-hybridized carbons (Fsp3) is 0.0769. The lowest BCUT2D eigenvalue weighted by Crippen LogP contribution is -2.14. The molecule has 0 aliphatic carbocycles. The van der Waals surface area contributed by atoms with Gasteiger partial charge in [0.25, 0.3) is 0 Å². The van der Waals surface area contributed by atoms with E-state index in [0.29, 0.717) is 5.56 Å². The largest absolute Gasteiger partial charge is 0.487 e. The van der Waals surface area contributed by atoms with E-state index in [0.717, 1.165) is 6.07 Å². The summed E-state index contributed by atoms with van der Waals surface area (Å²) in [7, 11) is -3.98. The highest BCUT2D eigenvalue weighted by Gasteiger charge is 2.16. The zero-order valence-corrected chi connectivity index (χ0v) is 12.8. The molecule has 0 unspecified atom stereocenters. The van der Waals surface area contributed by atoms with Crippen molar-refractivity contribution in [2.24, 2.45) is 5.14 Å². The van der Waals surface area contributed by atoms with Gasteiger partial charge >= 0.3 is 0 Å². The Labute approximate surface area is 131 Å². The first-order valence-electron chi connectivity index (χ1n) is 5.66. The van der Waals surface area contributed by atoms with Crippen LogP contribution in [0.25, 0.3) is 0 Å². The molecule has 8 heteroatoms. The summed E-state index contributed by atoms with van der Waals surface area (Å²) in [5.41, 5.74) is 0.508. The second kappa shape index (κ2) is 6.19. The molecule has 0 saturated heterocycles. The van der Waals surface area contributed by atoms with Gasteiger partial charge in [0.15, 0.2) is 0 Å². The van der Waals surface area contributed by atoms with Crippen LogP contribution >= 0.6 is 23.2 Å². The normalized spacial score (nSPS) is 11.4. The maximum atomic E-state index is 12.9. The number of hydrogen-bond acceptors (Lipinski definition) is 3. The average molecular weight is 350 g/mol. The van der Waals surface area contributed by atoms with Crippen molar-refractivity contribution in [1.82, 2.24) is 0 Å². The average Bonchev–Trinajstić information content (AvgIpc) is 2.38. The molecule has 0 aliphatic heterocycles. The van der Waals surface area contributed by atoms with Crippen molar-refractivity contribution in [1.29, 1.82) is 0 Å². The molecule has 21 heavy (non-hydrogen) atoms. The zero-order chi connectivity index (χ0) is 15.6. The fourth-order valence-electron chi connectivity index (χ4n) is 1.62. The number of primary sulfonamides is 1. The Hall–Kier alpha value is -1.34. The quantitative estimate of drug-likeness (QED) is 0.919. The van der Waals surface area contributed by atoms with Gasteiger partial charge in [0, 0.05) is 10.6 Å². The third-order valence-corrected chi connectivity index (χ3v) is 4.13. The first-order valence-corrected chi connectivity index (χ1v) is 7.96. The molecule has 0 spiro atoms. The minimum absolute atomic E-state index is 0.0384. The zero-order valence-electron chi connectivity index (χ0n) is 10.5. The number of ether oxygens (including phenoxy) is 1. The Morgan fingerprint density at radius 2 is 1.86 bits per heavy atom. The molecule has 0 aliphatic rings. The van der Waals surface area contributed by atoms with Gasteiger partial charge < -0.3 is 4.74 Å². The highest BCUT2D eigenvalue weighted by molar-refractivity contribution is 7.89. The van der Waals surface area contributed by atoms with Crippen molar-refractivity contribution in [2.75, 3.05) is 0 Å². The van der Waals surface area contributed by atoms with Crippen molar-refractivity contribution in [3.63, 3.8) is 0 Å². The molecule has 2 aromatic rings. The number of benzene rings is 2. The van der Waals surface area contributed by atoms with E-state index >= 15 is 0 Å². The van der Waals surface area contributed by atoms with Crippen LogP contribution in [0.5, 0.6) is 5.75 Å². The molecule has 0 heterocycles. The molecule has 0 aromatic heterocycles. The predicted molar refractivity (Wildman–Crippen MR) is 78.6 cm³/mol. The monoisotopic (exact) mass is 349 g/mol. The van der Waals surface area contributed by atoms with E-state index in [-0.39, 0.29) is 27.3 Å². The predicted octanol–water partition coefficient (Wildman–Crippen LogP) is 3.36. The van der Waals surface area contributed by atoms with Gasteiger partial charge in [-0.2, -0.15) is 0 Å². The molecule has 2 aromatic carbocycles. The topological polar surface area (TPSA) is 69.4 Å². The van der Waals surface area contributed by atoms with Crippen LogP contribution in [0.15, 0.2) is 41.3 Å². The van der Waals surface area contributed by atoms with Gasteiger partial charge in [-0.1, -0.05) is 29.3 Å². The molecular weight excluding hydrogens is 340 g/mol. The maximum absolute atomic E-state index is 12.9. The fourth-order valence-corrected chi connectivity index (χ4v) is 2.77. The number of rotatable bonds is 4. The van der Waals surface area contributed by atoms with Crippen molar-refractivity contribution < 1.29 is 17.5 Å². The number of nitrogens with two attached hydrogens (primary N) is 1. The van der Waals surface area contributed by atoms with Crippen molar-refractivity contribution in [2.45, 2.75) is 11.5 Å². The van der Waals surface area contributed by atoms with E-state index in [1.807, 2.05) is 0 Å². The Balaban J connectivity index is 2.28. The standard InChI is InChI=1S/C13H10Cl2FNO3S/c14-9-2-4-12(13(5-9)21(17,18)19)20-7-8-1-3-10(16)6-11(8)15/h1-6H,7H2,(H2,17,18,19). The molecule has 4 nitrogen and oxygen atoms in total. The first kappa shape index (κ1) is 16.0. The van der Waals surface area contributed by atoms with Gasteiger partial charge in [-0.25, -0.2) is 17.9 Å². The van der Waals surface area contributed by atoms with Crippen molar-refractivity contribution in [3.8, 4) is 5.75 Å². The van der Waals surface area contributed by atoms with E-state index in [1.54, 1.807) is 0 Å². The second-order valence-electron chi connectivity index (χ2n) is 4.16. The van der Waals surface area contributed by atoms with E-state index in [2.05, 4.69) is 0 Å². The summed E-state index contributed by atoms with van der Waals surface area (Å²) in [4.78, 5) is -0.228. The van der Waals surface area contributed by atoms with Crippen LogP contribution in [0.3, 0.4) is 0 Å². The molecule has 0 radical (unpaired) electrons. The van der Waals surface area contributed by atoms with Crippen LogP contribution < -0.4 is 9.88 Å². The lowest BCUT2D eigenvalue weighted by atomic mass is 10.2. The molecular formula is C13H10Cl2FNO3S. The number of halogens is 3. The minimum Gasteiger partial charge on any atom is -0.487 e. The van der Waals surface area contributed by atoms with E-state index in [4.69, 9.17) is 33.1 Å². The Morgan fingerprint density at radius 1 is 1.14 bits per heavy atom. The van der Waals surface area contributed by atoms with Crippen LogP contribution in [0.2, 0.25) is 10.0 Å². The number of hydrogen-bond donors (Lipinski definition) is 1. The van der Waals surface area contributed by atoms with Gasteiger partial charge in [0.2, 0.25) is 10.0 Å². The summed E-state index contributed by atoms with van der Waals surface area (Å²) in [6.45, 7) is -0.0384. The Bertz CT molecular complexity index is 781. The van der Waals surface area contributed by atoms with Gasteiger partial charge in [-0.15, -0.1) is 0 Å². The summed E-state index contributed by atoms with van der Waals surface area (Å²) in [5, 5.41) is 5.50. The molecule has 112 valence electrons. The highest BCUT2D eigenvalue weighted by Crippen LogP contribution is 2.28. The van der Waals surface area contributed by atoms with Gasteiger partial charge in [0.05, 0.1) is 5.02 Å². The van der Waals surface area contributed by atoms with E-state index < -0.39 is 15.8 Å². The number of sulfonamides is 1. The van der Waals surface area contributed by atoms with E-state index in [1.165, 1.54) is 30.3 Å². The molecule has 0 saturated carbocycles. The summed E-state index contributed by atoms with van der Waals surface area (Å²) in [6, 6.07) is 7.87. The van der Waals surface area contributed by atoms with Gasteiger partial charge in [-0.05, 0) is 30.3 Å². The summed E-state index contributed by atoms with van der Waals surface area (Å²) >= 11 is 11.6. The molecule has 2 rings (SSSR count). The van der Waals surface area contributed by atoms with Crippen molar-refractivity contribution in [3.05, 3.63) is 57.8 Å². The molecule has 0 atom stereocenters. The van der Waals surface area contributed by atoms with Crippen LogP contribution in [-0.4, -0.2) is 8.42 Å². The first-order chi connectivity index (χ1) is 9.77. The third kappa shape index (κ3) is 4.07. The van der Waals surface area contributed by atoms with Crippen LogP contribution in [0.1, 0.15) is 5.56 Å². The Morgan fingerprint density at radius 3 is 2.48 bits per heavy atom. The molecule has 0 amide bonds. The summed E-state index contributed by atoms with van der Waals surface area (Å²) < 4.78 is 41.3. The van der Waals surface area contributed by atoms with Crippen LogP contribution in [0.4, 0.5) is 4.39 Å². The lowest BCUT2D eigenvalue weighted by Gasteiger charge is -2.11. The summed E-state index contributed by atoms with van der Waals surface area (Å²) in [6.07, 6.45) is 0. The Kier molecular flexibility index (Phi) is 4.73. The van der Waals surface area contributed by atoms with Crippen molar-refractivity contribution >= 4 is 33.2 Å². The highest BCUT2D eigenvalue weighted by atomic mass is 35.5. The lowest BCUT2D eigenvalue weighted by molar-refractivity contribution is 0.298. The van der Waals surface area contributed by atoms with E-state index in [9.17, 15) is 12.8 Å². The third-order valence-electron chi connectivity index (χ3n) is 2.61. The second-order valence-corrected chi connectivity index (χ2v) is 6.53. The summed E-state index contributed by atoms with van der Waals surface area (Å²) in [5.74, 6) is -0.428. The maximum Gasteiger partial charge on any atom is 0.241 e. The molecule has 0 bridgehead atoms. The smallest absolute Gasteiger partial charge is 0.241 e. The van der Waals surface area contributed by atoms with Gasteiger partial charge in [-0.3, -0.25) is 0 Å². The van der Waals surface area contributed by atoms with Crippen LogP contribution in [-0.2, 0) is 16.6 Å².